The molecule has 248 valence electrons. The number of likely N-dealkylation sites (N-methyl/N-ethyl adjacent to an activating group) is 1. The molecule has 0 heterocycles. The predicted octanol–water partition coefficient (Wildman–Crippen LogP) is 6.51. The summed E-state index contributed by atoms with van der Waals surface area (Å²) in [6.45, 7) is 4.60. The third-order valence-electron chi connectivity index (χ3n) is 7.74. The summed E-state index contributed by atoms with van der Waals surface area (Å²) in [5, 5.41) is 11.5. The maximum atomic E-state index is 12.5. The monoisotopic (exact) mass is 599 g/mol. The molecule has 0 aliphatic rings. The van der Waals surface area contributed by atoms with Crippen LogP contribution in [-0.2, 0) is 28.6 Å². The second-order valence-electron chi connectivity index (χ2n) is 12.8. The lowest BCUT2D eigenvalue weighted by molar-refractivity contribution is -0.889. The maximum absolute atomic E-state index is 12.5. The Balaban J connectivity index is 4.45. The molecule has 0 saturated heterocycles. The molecule has 0 rings (SSSR count). The first-order chi connectivity index (χ1) is 20.1. The van der Waals surface area contributed by atoms with Crippen molar-refractivity contribution < 1.29 is 38.2 Å². The first-order valence-electron chi connectivity index (χ1n) is 17.1. The molecule has 0 aliphatic carbocycles. The number of carboxylic acids is 1. The van der Waals surface area contributed by atoms with Crippen LogP contribution in [0.25, 0.3) is 0 Å². The standard InChI is InChI=1S/C34H65NO7/c1-6-8-10-12-14-15-16-17-19-21-23-25-33(37)42-30(28-40-27-26-31(34(38)39)35(3,4)5)29-41-32(36)24-22-20-18-13-11-9-7-2/h30-31H,6-29H2,1-5H3. The molecular formula is C34H65NO7. The lowest BCUT2D eigenvalue weighted by Crippen LogP contribution is -2.55. The van der Waals surface area contributed by atoms with Crippen LogP contribution in [0.2, 0.25) is 0 Å². The Morgan fingerprint density at radius 3 is 1.48 bits per heavy atom. The zero-order valence-corrected chi connectivity index (χ0v) is 27.9. The second kappa shape index (κ2) is 26.9. The first kappa shape index (κ1) is 40.3. The van der Waals surface area contributed by atoms with E-state index < -0.39 is 18.1 Å². The number of hydrogen-bond acceptors (Lipinski definition) is 7. The summed E-state index contributed by atoms with van der Waals surface area (Å²) in [7, 11) is 5.39. The Labute approximate surface area is 257 Å². The average Bonchev–Trinajstić information content (AvgIpc) is 2.92. The van der Waals surface area contributed by atoms with Gasteiger partial charge < -0.3 is 28.6 Å². The molecule has 0 aromatic carbocycles. The molecule has 0 N–H and O–H groups in total. The molecule has 8 heteroatoms. The molecule has 0 aromatic rings. The van der Waals surface area contributed by atoms with Crippen molar-refractivity contribution in [2.45, 2.75) is 161 Å². The fraction of sp³-hybridized carbons (Fsp3) is 0.912. The largest absolute Gasteiger partial charge is 0.544 e. The van der Waals surface area contributed by atoms with Crippen molar-refractivity contribution in [2.24, 2.45) is 0 Å². The Morgan fingerprint density at radius 1 is 0.619 bits per heavy atom. The summed E-state index contributed by atoms with van der Waals surface area (Å²) in [5.41, 5.74) is 0. The van der Waals surface area contributed by atoms with E-state index in [1.54, 1.807) is 21.1 Å². The Morgan fingerprint density at radius 2 is 1.05 bits per heavy atom. The van der Waals surface area contributed by atoms with Gasteiger partial charge in [-0.2, -0.15) is 0 Å². The smallest absolute Gasteiger partial charge is 0.306 e. The molecule has 0 amide bonds. The van der Waals surface area contributed by atoms with E-state index in [1.807, 2.05) is 0 Å². The molecule has 2 atom stereocenters. The van der Waals surface area contributed by atoms with Crippen molar-refractivity contribution in [3.8, 4) is 0 Å². The zero-order valence-electron chi connectivity index (χ0n) is 27.9. The first-order valence-corrected chi connectivity index (χ1v) is 17.1. The molecule has 0 bridgehead atoms. The van der Waals surface area contributed by atoms with Gasteiger partial charge in [-0.05, 0) is 12.8 Å². The van der Waals surface area contributed by atoms with Gasteiger partial charge >= 0.3 is 11.9 Å². The number of carbonyl (C=O) groups is 3. The number of esters is 2. The highest BCUT2D eigenvalue weighted by molar-refractivity contribution is 5.70. The van der Waals surface area contributed by atoms with Crippen molar-refractivity contribution in [1.29, 1.82) is 0 Å². The third kappa shape index (κ3) is 24.9. The van der Waals surface area contributed by atoms with Crippen LogP contribution in [-0.4, -0.2) is 75.5 Å². The molecule has 0 radical (unpaired) electrons. The van der Waals surface area contributed by atoms with E-state index in [-0.39, 0.29) is 42.7 Å². The minimum atomic E-state index is -1.12. The molecule has 0 fully saturated rings. The van der Waals surface area contributed by atoms with Crippen LogP contribution in [0.4, 0.5) is 0 Å². The van der Waals surface area contributed by atoms with Gasteiger partial charge in [0.2, 0.25) is 0 Å². The van der Waals surface area contributed by atoms with Gasteiger partial charge in [-0.1, -0.05) is 117 Å². The number of ether oxygens (including phenoxy) is 3. The molecule has 0 spiro atoms. The minimum absolute atomic E-state index is 0.0472. The van der Waals surface area contributed by atoms with Crippen molar-refractivity contribution in [1.82, 2.24) is 0 Å². The highest BCUT2D eigenvalue weighted by Gasteiger charge is 2.25. The maximum Gasteiger partial charge on any atom is 0.306 e. The van der Waals surface area contributed by atoms with Crippen LogP contribution in [0, 0.1) is 0 Å². The Hall–Kier alpha value is -1.67. The number of nitrogens with zero attached hydrogens (tertiary/aromatic N) is 1. The van der Waals surface area contributed by atoms with Crippen LogP contribution in [0.3, 0.4) is 0 Å². The van der Waals surface area contributed by atoms with E-state index in [0.717, 1.165) is 38.5 Å². The number of rotatable bonds is 30. The number of carboxylic acid groups (broad SMARTS) is 1. The number of hydrogen-bond donors (Lipinski definition) is 0. The fourth-order valence-corrected chi connectivity index (χ4v) is 5.01. The normalized spacial score (nSPS) is 13.1. The van der Waals surface area contributed by atoms with Gasteiger partial charge in [0, 0.05) is 19.3 Å². The van der Waals surface area contributed by atoms with Crippen molar-refractivity contribution >= 4 is 17.9 Å². The van der Waals surface area contributed by atoms with Crippen LogP contribution in [0.1, 0.15) is 149 Å². The molecule has 8 nitrogen and oxygen atoms in total. The van der Waals surface area contributed by atoms with E-state index in [2.05, 4.69) is 13.8 Å². The van der Waals surface area contributed by atoms with Gasteiger partial charge in [-0.15, -0.1) is 0 Å². The average molecular weight is 600 g/mol. The molecule has 0 saturated carbocycles. The molecule has 2 unspecified atom stereocenters. The summed E-state index contributed by atoms with van der Waals surface area (Å²) >= 11 is 0. The third-order valence-corrected chi connectivity index (χ3v) is 7.74. The summed E-state index contributed by atoms with van der Waals surface area (Å²) in [6.07, 6.45) is 21.3. The predicted molar refractivity (Wildman–Crippen MR) is 167 cm³/mol. The lowest BCUT2D eigenvalue weighted by Gasteiger charge is -2.34. The summed E-state index contributed by atoms with van der Waals surface area (Å²) in [6, 6.07) is -0.716. The second-order valence-corrected chi connectivity index (χ2v) is 12.8. The lowest BCUT2D eigenvalue weighted by atomic mass is 10.1. The van der Waals surface area contributed by atoms with Gasteiger partial charge in [-0.3, -0.25) is 9.59 Å². The number of aliphatic carboxylic acids is 1. The topological polar surface area (TPSA) is 102 Å². The van der Waals surface area contributed by atoms with Crippen molar-refractivity contribution in [2.75, 3.05) is 41.0 Å². The highest BCUT2D eigenvalue weighted by Crippen LogP contribution is 2.14. The van der Waals surface area contributed by atoms with Gasteiger partial charge in [0.15, 0.2) is 6.10 Å². The number of unbranched alkanes of at least 4 members (excludes halogenated alkanes) is 16. The molecule has 0 aromatic heterocycles. The highest BCUT2D eigenvalue weighted by atomic mass is 16.6. The number of carbonyl (C=O) groups excluding carboxylic acids is 3. The van der Waals surface area contributed by atoms with Crippen LogP contribution in [0.15, 0.2) is 0 Å². The van der Waals surface area contributed by atoms with Gasteiger partial charge in [-0.25, -0.2) is 0 Å². The molecule has 0 aliphatic heterocycles. The van der Waals surface area contributed by atoms with Crippen LogP contribution >= 0.6 is 0 Å². The van der Waals surface area contributed by atoms with E-state index in [9.17, 15) is 19.5 Å². The summed E-state index contributed by atoms with van der Waals surface area (Å²) < 4.78 is 17.0. The Bertz CT molecular complexity index is 677. The molecular weight excluding hydrogens is 534 g/mol. The van der Waals surface area contributed by atoms with Crippen LogP contribution < -0.4 is 5.11 Å². The van der Waals surface area contributed by atoms with Gasteiger partial charge in [0.1, 0.15) is 12.6 Å². The Kier molecular flexibility index (Phi) is 25.8. The van der Waals surface area contributed by atoms with E-state index in [4.69, 9.17) is 14.2 Å². The summed E-state index contributed by atoms with van der Waals surface area (Å²) in [5.74, 6) is -1.74. The fourth-order valence-electron chi connectivity index (χ4n) is 5.01. The zero-order chi connectivity index (χ0) is 31.5. The number of quaternary nitrogens is 1. The summed E-state index contributed by atoms with van der Waals surface area (Å²) in [4.78, 5) is 36.3. The van der Waals surface area contributed by atoms with E-state index >= 15 is 0 Å². The van der Waals surface area contributed by atoms with Gasteiger partial charge in [0.25, 0.3) is 0 Å². The van der Waals surface area contributed by atoms with E-state index in [0.29, 0.717) is 12.8 Å². The minimum Gasteiger partial charge on any atom is -0.544 e. The van der Waals surface area contributed by atoms with Gasteiger partial charge in [0.05, 0.1) is 40.3 Å². The van der Waals surface area contributed by atoms with Crippen molar-refractivity contribution in [3.05, 3.63) is 0 Å². The molecule has 42 heavy (non-hydrogen) atoms. The van der Waals surface area contributed by atoms with E-state index in [1.165, 1.54) is 77.0 Å². The quantitative estimate of drug-likeness (QED) is 0.0527. The van der Waals surface area contributed by atoms with Crippen LogP contribution in [0.5, 0.6) is 0 Å². The SMILES string of the molecule is CCCCCCCCCCCCCC(=O)OC(COCCC(C(=O)[O-])[N+](C)(C)C)COC(=O)CCCCCCCCC. The van der Waals surface area contributed by atoms with Crippen molar-refractivity contribution in [3.63, 3.8) is 0 Å².